The van der Waals surface area contributed by atoms with Crippen LogP contribution >= 0.6 is 11.3 Å². The molecule has 0 radical (unpaired) electrons. The highest BCUT2D eigenvalue weighted by Crippen LogP contribution is 2.35. The zero-order valence-electron chi connectivity index (χ0n) is 10.8. The van der Waals surface area contributed by atoms with E-state index >= 15 is 0 Å². The Kier molecular flexibility index (Phi) is 4.46. The predicted octanol–water partition coefficient (Wildman–Crippen LogP) is 2.34. The summed E-state index contributed by atoms with van der Waals surface area (Å²) < 4.78 is 42.3. The van der Waals surface area contributed by atoms with Gasteiger partial charge in [0.1, 0.15) is 0 Å². The largest absolute Gasteiger partial charge is 0.466 e. The third kappa shape index (κ3) is 3.38. The van der Waals surface area contributed by atoms with Crippen molar-refractivity contribution in [3.8, 4) is 0 Å². The standard InChI is InChI=1S/C11H14F3N3O2S/c1-2-19-8(18)7-3-5-17(6-4-7)10-16-15-9(20-10)11(12,13)14/h7H,2-6H2,1H3. The molecule has 1 saturated heterocycles. The third-order valence-electron chi connectivity index (χ3n) is 3.04. The molecule has 1 aromatic rings. The van der Waals surface area contributed by atoms with Crippen LogP contribution in [-0.2, 0) is 15.7 Å². The van der Waals surface area contributed by atoms with Crippen molar-refractivity contribution in [3.05, 3.63) is 5.01 Å². The molecule has 0 unspecified atom stereocenters. The summed E-state index contributed by atoms with van der Waals surface area (Å²) in [6, 6.07) is 0. The Hall–Kier alpha value is -1.38. The highest BCUT2D eigenvalue weighted by atomic mass is 32.1. The van der Waals surface area contributed by atoms with E-state index in [2.05, 4.69) is 10.2 Å². The number of hydrogen-bond donors (Lipinski definition) is 0. The lowest BCUT2D eigenvalue weighted by Gasteiger charge is -2.30. The van der Waals surface area contributed by atoms with Crippen molar-refractivity contribution in [2.75, 3.05) is 24.6 Å². The van der Waals surface area contributed by atoms with Gasteiger partial charge in [-0.1, -0.05) is 11.3 Å². The van der Waals surface area contributed by atoms with Crippen LogP contribution in [0.4, 0.5) is 18.3 Å². The third-order valence-corrected chi connectivity index (χ3v) is 4.07. The zero-order chi connectivity index (χ0) is 14.8. The number of rotatable bonds is 3. The number of piperidine rings is 1. The maximum Gasteiger partial charge on any atom is 0.445 e. The lowest BCUT2D eigenvalue weighted by Crippen LogP contribution is -2.36. The Morgan fingerprint density at radius 2 is 2.05 bits per heavy atom. The number of hydrogen-bond acceptors (Lipinski definition) is 6. The summed E-state index contributed by atoms with van der Waals surface area (Å²) in [5.41, 5.74) is 0. The molecular formula is C11H14F3N3O2S. The first-order chi connectivity index (χ1) is 9.41. The molecular weight excluding hydrogens is 295 g/mol. The van der Waals surface area contributed by atoms with Gasteiger partial charge >= 0.3 is 12.1 Å². The molecule has 0 aliphatic carbocycles. The molecule has 0 aromatic carbocycles. The number of carbonyl (C=O) groups excluding carboxylic acids is 1. The van der Waals surface area contributed by atoms with Crippen LogP contribution in [0.5, 0.6) is 0 Å². The Labute approximate surface area is 117 Å². The number of anilines is 1. The summed E-state index contributed by atoms with van der Waals surface area (Å²) in [4.78, 5) is 13.3. The van der Waals surface area contributed by atoms with Gasteiger partial charge in [0, 0.05) is 13.1 Å². The number of halogens is 3. The minimum Gasteiger partial charge on any atom is -0.466 e. The first kappa shape index (κ1) is 15.0. The normalized spacial score (nSPS) is 17.3. The summed E-state index contributed by atoms with van der Waals surface area (Å²) in [5.74, 6) is -0.415. The van der Waals surface area contributed by atoms with E-state index in [1.54, 1.807) is 11.8 Å². The number of carbonyl (C=O) groups is 1. The van der Waals surface area contributed by atoms with Gasteiger partial charge in [-0.15, -0.1) is 10.2 Å². The topological polar surface area (TPSA) is 55.3 Å². The van der Waals surface area contributed by atoms with Crippen LogP contribution in [0.15, 0.2) is 0 Å². The fourth-order valence-corrected chi connectivity index (χ4v) is 2.79. The Balaban J connectivity index is 1.94. The quantitative estimate of drug-likeness (QED) is 0.802. The Morgan fingerprint density at radius 3 is 2.55 bits per heavy atom. The van der Waals surface area contributed by atoms with Gasteiger partial charge in [0.15, 0.2) is 0 Å². The molecule has 1 fully saturated rings. The lowest BCUT2D eigenvalue weighted by atomic mass is 9.97. The smallest absolute Gasteiger partial charge is 0.445 e. The summed E-state index contributed by atoms with van der Waals surface area (Å²) in [6.07, 6.45) is -3.35. The molecule has 1 aromatic heterocycles. The minimum absolute atomic E-state index is 0.179. The van der Waals surface area contributed by atoms with Crippen molar-refractivity contribution in [3.63, 3.8) is 0 Å². The van der Waals surface area contributed by atoms with Gasteiger partial charge in [0.05, 0.1) is 12.5 Å². The SMILES string of the molecule is CCOC(=O)C1CCN(c2nnc(C(F)(F)F)s2)CC1. The average Bonchev–Trinajstić information content (AvgIpc) is 2.89. The number of nitrogens with zero attached hydrogens (tertiary/aromatic N) is 3. The van der Waals surface area contributed by atoms with Crippen molar-refractivity contribution in [2.24, 2.45) is 5.92 Å². The number of ether oxygens (including phenoxy) is 1. The van der Waals surface area contributed by atoms with Crippen molar-refractivity contribution in [1.29, 1.82) is 0 Å². The number of aromatic nitrogens is 2. The van der Waals surface area contributed by atoms with Crippen molar-refractivity contribution < 1.29 is 22.7 Å². The van der Waals surface area contributed by atoms with E-state index in [0.29, 0.717) is 43.9 Å². The fourth-order valence-electron chi connectivity index (χ4n) is 2.02. The molecule has 0 N–H and O–H groups in total. The maximum atomic E-state index is 12.4. The van der Waals surface area contributed by atoms with Crippen LogP contribution < -0.4 is 4.90 Å². The summed E-state index contributed by atoms with van der Waals surface area (Å²) in [6.45, 7) is 3.04. The van der Waals surface area contributed by atoms with Crippen molar-refractivity contribution >= 4 is 22.4 Å². The second kappa shape index (κ2) is 5.94. The molecule has 0 bridgehead atoms. The van der Waals surface area contributed by atoms with E-state index in [9.17, 15) is 18.0 Å². The summed E-state index contributed by atoms with van der Waals surface area (Å²) >= 11 is 0.529. The van der Waals surface area contributed by atoms with Gasteiger partial charge in [-0.2, -0.15) is 13.2 Å². The van der Waals surface area contributed by atoms with Crippen LogP contribution in [0.1, 0.15) is 24.8 Å². The Morgan fingerprint density at radius 1 is 1.40 bits per heavy atom. The molecule has 0 saturated carbocycles. The van der Waals surface area contributed by atoms with Gasteiger partial charge in [-0.25, -0.2) is 0 Å². The second-order valence-corrected chi connectivity index (χ2v) is 5.36. The number of esters is 1. The summed E-state index contributed by atoms with van der Waals surface area (Å²) in [5, 5.41) is 6.03. The van der Waals surface area contributed by atoms with E-state index in [0.717, 1.165) is 0 Å². The first-order valence-electron chi connectivity index (χ1n) is 6.24. The molecule has 5 nitrogen and oxygen atoms in total. The molecule has 0 spiro atoms. The van der Waals surface area contributed by atoms with E-state index in [1.807, 2.05) is 0 Å². The molecule has 9 heteroatoms. The molecule has 20 heavy (non-hydrogen) atoms. The predicted molar refractivity (Wildman–Crippen MR) is 66.5 cm³/mol. The highest BCUT2D eigenvalue weighted by molar-refractivity contribution is 7.15. The summed E-state index contributed by atoms with van der Waals surface area (Å²) in [7, 11) is 0. The zero-order valence-corrected chi connectivity index (χ0v) is 11.6. The maximum absolute atomic E-state index is 12.4. The monoisotopic (exact) mass is 309 g/mol. The van der Waals surface area contributed by atoms with Gasteiger partial charge in [-0.3, -0.25) is 4.79 Å². The fraction of sp³-hybridized carbons (Fsp3) is 0.727. The molecule has 0 atom stereocenters. The van der Waals surface area contributed by atoms with Crippen molar-refractivity contribution in [2.45, 2.75) is 25.9 Å². The molecule has 2 heterocycles. The van der Waals surface area contributed by atoms with E-state index in [1.165, 1.54) is 0 Å². The van der Waals surface area contributed by atoms with E-state index < -0.39 is 11.2 Å². The average molecular weight is 309 g/mol. The highest BCUT2D eigenvalue weighted by Gasteiger charge is 2.37. The number of alkyl halides is 3. The van der Waals surface area contributed by atoms with Crippen LogP contribution in [0.2, 0.25) is 0 Å². The van der Waals surface area contributed by atoms with E-state index in [4.69, 9.17) is 4.74 Å². The van der Waals surface area contributed by atoms with Crippen molar-refractivity contribution in [1.82, 2.24) is 10.2 Å². The second-order valence-electron chi connectivity index (χ2n) is 4.40. The molecule has 0 amide bonds. The van der Waals surface area contributed by atoms with Gasteiger partial charge in [-0.05, 0) is 19.8 Å². The van der Waals surface area contributed by atoms with Crippen LogP contribution in [0, 0.1) is 5.92 Å². The minimum atomic E-state index is -4.46. The molecule has 2 rings (SSSR count). The van der Waals surface area contributed by atoms with E-state index in [-0.39, 0.29) is 17.0 Å². The molecule has 112 valence electrons. The lowest BCUT2D eigenvalue weighted by molar-refractivity contribution is -0.148. The first-order valence-corrected chi connectivity index (χ1v) is 7.05. The molecule has 1 aliphatic rings. The van der Waals surface area contributed by atoms with Crippen LogP contribution in [-0.4, -0.2) is 35.9 Å². The van der Waals surface area contributed by atoms with Crippen LogP contribution in [0.25, 0.3) is 0 Å². The molecule has 1 aliphatic heterocycles. The van der Waals surface area contributed by atoms with Gasteiger partial charge < -0.3 is 9.64 Å². The van der Waals surface area contributed by atoms with Crippen LogP contribution in [0.3, 0.4) is 0 Å². The van der Waals surface area contributed by atoms with Gasteiger partial charge in [0.2, 0.25) is 10.1 Å². The van der Waals surface area contributed by atoms with Gasteiger partial charge in [0.25, 0.3) is 0 Å². The Bertz CT molecular complexity index is 470.